The Kier molecular flexibility index (Phi) is 7.14. The highest BCUT2D eigenvalue weighted by Gasteiger charge is 2.25. The molecule has 7 heteroatoms. The highest BCUT2D eigenvalue weighted by Crippen LogP contribution is 2.25. The van der Waals surface area contributed by atoms with Gasteiger partial charge in [0.15, 0.2) is 0 Å². The lowest BCUT2D eigenvalue weighted by Crippen LogP contribution is -2.35. The molecule has 0 radical (unpaired) electrons. The molecule has 1 aliphatic rings. The third kappa shape index (κ3) is 5.47. The highest BCUT2D eigenvalue weighted by molar-refractivity contribution is 9.10. The van der Waals surface area contributed by atoms with Gasteiger partial charge in [0, 0.05) is 29.7 Å². The second-order valence-corrected chi connectivity index (χ2v) is 10.4. The predicted octanol–water partition coefficient (Wildman–Crippen LogP) is 4.81. The number of hydrogen-bond donors (Lipinski definition) is 1. The SMILES string of the molecule is Cc1cc(Br)cc(C)c1NC(=O)CCc1ccc(S(=O)(=O)N2CCCCC2)cc1. The van der Waals surface area contributed by atoms with Crippen molar-refractivity contribution >= 4 is 37.5 Å². The van der Waals surface area contributed by atoms with Crippen LogP contribution in [0.15, 0.2) is 45.8 Å². The molecule has 0 aromatic heterocycles. The number of nitrogens with zero attached hydrogens (tertiary/aromatic N) is 1. The number of halogens is 1. The van der Waals surface area contributed by atoms with E-state index in [1.807, 2.05) is 26.0 Å². The van der Waals surface area contributed by atoms with E-state index in [0.29, 0.717) is 30.8 Å². The molecule has 0 aliphatic carbocycles. The number of carbonyl (C=O) groups is 1. The van der Waals surface area contributed by atoms with Crippen LogP contribution < -0.4 is 5.32 Å². The molecule has 1 fully saturated rings. The van der Waals surface area contributed by atoms with Crippen LogP contribution in [0.25, 0.3) is 0 Å². The fraction of sp³-hybridized carbons (Fsp3) is 0.409. The third-order valence-electron chi connectivity index (χ3n) is 5.28. The molecule has 29 heavy (non-hydrogen) atoms. The van der Waals surface area contributed by atoms with Gasteiger partial charge in [-0.15, -0.1) is 0 Å². The van der Waals surface area contributed by atoms with Crippen molar-refractivity contribution < 1.29 is 13.2 Å². The highest BCUT2D eigenvalue weighted by atomic mass is 79.9. The molecule has 0 spiro atoms. The molecule has 0 unspecified atom stereocenters. The average molecular weight is 479 g/mol. The van der Waals surface area contributed by atoms with Gasteiger partial charge < -0.3 is 5.32 Å². The van der Waals surface area contributed by atoms with Gasteiger partial charge in [-0.05, 0) is 74.1 Å². The van der Waals surface area contributed by atoms with Gasteiger partial charge in [-0.3, -0.25) is 4.79 Å². The Morgan fingerprint density at radius 2 is 1.62 bits per heavy atom. The van der Waals surface area contributed by atoms with Gasteiger partial charge in [0.05, 0.1) is 4.90 Å². The summed E-state index contributed by atoms with van der Waals surface area (Å²) in [5, 5.41) is 2.99. The minimum atomic E-state index is -3.41. The summed E-state index contributed by atoms with van der Waals surface area (Å²) in [5.41, 5.74) is 3.82. The number of benzene rings is 2. The summed E-state index contributed by atoms with van der Waals surface area (Å²) in [6.45, 7) is 5.13. The molecule has 5 nitrogen and oxygen atoms in total. The molecular formula is C22H27BrN2O3S. The number of amides is 1. The van der Waals surface area contributed by atoms with Crippen LogP contribution in [0.5, 0.6) is 0 Å². The number of anilines is 1. The quantitative estimate of drug-likeness (QED) is 0.647. The molecule has 3 rings (SSSR count). The van der Waals surface area contributed by atoms with Gasteiger partial charge in [0.1, 0.15) is 0 Å². The lowest BCUT2D eigenvalue weighted by atomic mass is 10.1. The molecule has 0 saturated carbocycles. The fourth-order valence-corrected chi connectivity index (χ4v) is 5.85. The zero-order valence-electron chi connectivity index (χ0n) is 16.9. The van der Waals surface area contributed by atoms with Crippen LogP contribution in [0.1, 0.15) is 42.4 Å². The minimum Gasteiger partial charge on any atom is -0.326 e. The first-order chi connectivity index (χ1) is 13.8. The lowest BCUT2D eigenvalue weighted by Gasteiger charge is -2.25. The van der Waals surface area contributed by atoms with Crippen molar-refractivity contribution in [3.05, 3.63) is 57.6 Å². The summed E-state index contributed by atoms with van der Waals surface area (Å²) >= 11 is 3.46. The topological polar surface area (TPSA) is 66.5 Å². The van der Waals surface area contributed by atoms with E-state index in [4.69, 9.17) is 0 Å². The first kappa shape index (κ1) is 22.0. The summed E-state index contributed by atoms with van der Waals surface area (Å²) in [7, 11) is -3.41. The van der Waals surface area contributed by atoms with Crippen LogP contribution in [-0.2, 0) is 21.2 Å². The lowest BCUT2D eigenvalue weighted by molar-refractivity contribution is -0.116. The van der Waals surface area contributed by atoms with Crippen LogP contribution in [-0.4, -0.2) is 31.7 Å². The maximum absolute atomic E-state index is 12.7. The summed E-state index contributed by atoms with van der Waals surface area (Å²) in [4.78, 5) is 12.7. The zero-order valence-corrected chi connectivity index (χ0v) is 19.3. The summed E-state index contributed by atoms with van der Waals surface area (Å²) in [6, 6.07) is 10.9. The van der Waals surface area contributed by atoms with E-state index in [0.717, 1.165) is 46.1 Å². The van der Waals surface area contributed by atoms with Crippen molar-refractivity contribution in [2.24, 2.45) is 0 Å². The van der Waals surface area contributed by atoms with Crippen molar-refractivity contribution in [2.75, 3.05) is 18.4 Å². The van der Waals surface area contributed by atoms with E-state index in [1.165, 1.54) is 0 Å². The Labute approximate surface area is 181 Å². The van der Waals surface area contributed by atoms with Gasteiger partial charge in [-0.25, -0.2) is 8.42 Å². The number of hydrogen-bond acceptors (Lipinski definition) is 3. The molecule has 2 aromatic rings. The Hall–Kier alpha value is -1.70. The molecule has 0 atom stereocenters. The summed E-state index contributed by atoms with van der Waals surface area (Å²) in [6.07, 6.45) is 3.83. The maximum atomic E-state index is 12.7. The molecular weight excluding hydrogens is 452 g/mol. The van der Waals surface area contributed by atoms with E-state index in [1.54, 1.807) is 28.6 Å². The molecule has 1 saturated heterocycles. The van der Waals surface area contributed by atoms with Crippen molar-refractivity contribution in [3.8, 4) is 0 Å². The predicted molar refractivity (Wildman–Crippen MR) is 120 cm³/mol. The Morgan fingerprint density at radius 3 is 2.21 bits per heavy atom. The molecule has 156 valence electrons. The first-order valence-corrected chi connectivity index (χ1v) is 12.2. The van der Waals surface area contributed by atoms with Crippen LogP contribution in [0.4, 0.5) is 5.69 Å². The number of rotatable bonds is 6. The number of nitrogens with one attached hydrogen (secondary N) is 1. The number of aryl methyl sites for hydroxylation is 3. The Bertz CT molecular complexity index is 959. The molecule has 1 amide bonds. The van der Waals surface area contributed by atoms with Crippen molar-refractivity contribution in [3.63, 3.8) is 0 Å². The molecule has 2 aromatic carbocycles. The monoisotopic (exact) mass is 478 g/mol. The maximum Gasteiger partial charge on any atom is 0.243 e. The Morgan fingerprint density at radius 1 is 1.03 bits per heavy atom. The fourth-order valence-electron chi connectivity index (χ4n) is 3.65. The van der Waals surface area contributed by atoms with E-state index in [-0.39, 0.29) is 5.91 Å². The Balaban J connectivity index is 1.60. The van der Waals surface area contributed by atoms with Crippen LogP contribution in [0.2, 0.25) is 0 Å². The molecule has 1 aliphatic heterocycles. The number of piperidine rings is 1. The smallest absolute Gasteiger partial charge is 0.243 e. The van der Waals surface area contributed by atoms with Gasteiger partial charge in [0.2, 0.25) is 15.9 Å². The number of carbonyl (C=O) groups excluding carboxylic acids is 1. The van der Waals surface area contributed by atoms with E-state index in [2.05, 4.69) is 21.2 Å². The van der Waals surface area contributed by atoms with Crippen LogP contribution in [0.3, 0.4) is 0 Å². The van der Waals surface area contributed by atoms with Gasteiger partial charge in [-0.2, -0.15) is 4.31 Å². The molecule has 0 bridgehead atoms. The second-order valence-electron chi connectivity index (χ2n) is 7.57. The van der Waals surface area contributed by atoms with Crippen molar-refractivity contribution in [1.82, 2.24) is 4.31 Å². The zero-order chi connectivity index (χ0) is 21.0. The van der Waals surface area contributed by atoms with Crippen LogP contribution in [0, 0.1) is 13.8 Å². The summed E-state index contributed by atoms with van der Waals surface area (Å²) in [5.74, 6) is -0.0523. The molecule has 1 N–H and O–H groups in total. The first-order valence-electron chi connectivity index (χ1n) is 9.93. The normalized spacial score (nSPS) is 15.3. The van der Waals surface area contributed by atoms with E-state index < -0.39 is 10.0 Å². The number of sulfonamides is 1. The van der Waals surface area contributed by atoms with Gasteiger partial charge in [-0.1, -0.05) is 34.5 Å². The second kappa shape index (κ2) is 9.41. The standard InChI is InChI=1S/C22H27BrN2O3S/c1-16-14-19(23)15-17(2)22(16)24-21(26)11-8-18-6-9-20(10-7-18)29(27,28)25-12-4-3-5-13-25/h6-7,9-10,14-15H,3-5,8,11-13H2,1-2H3,(H,24,26). The van der Waals surface area contributed by atoms with Crippen LogP contribution >= 0.6 is 15.9 Å². The van der Waals surface area contributed by atoms with E-state index >= 15 is 0 Å². The largest absolute Gasteiger partial charge is 0.326 e. The minimum absolute atomic E-state index is 0.0523. The molecule has 1 heterocycles. The van der Waals surface area contributed by atoms with Gasteiger partial charge >= 0.3 is 0 Å². The van der Waals surface area contributed by atoms with E-state index in [9.17, 15) is 13.2 Å². The average Bonchev–Trinajstić information content (AvgIpc) is 2.70. The third-order valence-corrected chi connectivity index (χ3v) is 7.65. The summed E-state index contributed by atoms with van der Waals surface area (Å²) < 4.78 is 28.0. The van der Waals surface area contributed by atoms with Gasteiger partial charge in [0.25, 0.3) is 0 Å². The van der Waals surface area contributed by atoms with Crippen molar-refractivity contribution in [2.45, 2.75) is 50.8 Å². The van der Waals surface area contributed by atoms with Crippen molar-refractivity contribution in [1.29, 1.82) is 0 Å².